The molecule has 0 fully saturated rings. The highest BCUT2D eigenvalue weighted by Crippen LogP contribution is 2.33. The summed E-state index contributed by atoms with van der Waals surface area (Å²) in [6.45, 7) is 0.799. The number of nitrogens with zero attached hydrogens (tertiary/aromatic N) is 2. The number of nitro benzene ring substituents is 1. The van der Waals surface area contributed by atoms with Crippen molar-refractivity contribution < 1.29 is 14.1 Å². The van der Waals surface area contributed by atoms with Crippen molar-refractivity contribution in [1.82, 2.24) is 0 Å². The molecule has 2 N–H and O–H groups in total. The number of nitro groups is 1. The Labute approximate surface area is 97.9 Å². The second-order valence-corrected chi connectivity index (χ2v) is 3.44. The van der Waals surface area contributed by atoms with Crippen LogP contribution in [0.5, 0.6) is 5.75 Å². The van der Waals surface area contributed by atoms with E-state index in [1.807, 2.05) is 0 Å². The zero-order valence-corrected chi connectivity index (χ0v) is 9.64. The Morgan fingerprint density at radius 2 is 2.24 bits per heavy atom. The summed E-state index contributed by atoms with van der Waals surface area (Å²) >= 11 is 0. The predicted octanol–water partition coefficient (Wildman–Crippen LogP) is 1.14. The van der Waals surface area contributed by atoms with E-state index in [1.165, 1.54) is 13.2 Å². The van der Waals surface area contributed by atoms with E-state index in [-0.39, 0.29) is 11.4 Å². The molecule has 0 radical (unpaired) electrons. The predicted molar refractivity (Wildman–Crippen MR) is 61.9 cm³/mol. The van der Waals surface area contributed by atoms with Crippen LogP contribution in [0.25, 0.3) is 0 Å². The van der Waals surface area contributed by atoms with Gasteiger partial charge in [0.1, 0.15) is 0 Å². The first kappa shape index (κ1) is 13.2. The molecular weight excluding hydrogens is 229 g/mol. The number of anilines is 1. The quantitative estimate of drug-likeness (QED) is 0.619. The van der Waals surface area contributed by atoms with Crippen LogP contribution >= 0.6 is 0 Å². The molecule has 0 heterocycles. The van der Waals surface area contributed by atoms with E-state index in [1.54, 1.807) is 11.9 Å². The van der Waals surface area contributed by atoms with E-state index >= 15 is 0 Å². The summed E-state index contributed by atoms with van der Waals surface area (Å²) in [4.78, 5) is 11.6. The maximum absolute atomic E-state index is 13.7. The molecule has 1 rings (SSSR count). The van der Waals surface area contributed by atoms with Gasteiger partial charge in [0.25, 0.3) is 0 Å². The molecule has 6 nitrogen and oxygen atoms in total. The largest absolute Gasteiger partial charge is 0.490 e. The molecule has 17 heavy (non-hydrogen) atoms. The summed E-state index contributed by atoms with van der Waals surface area (Å²) < 4.78 is 18.5. The smallest absolute Gasteiger partial charge is 0.313 e. The molecule has 7 heteroatoms. The standard InChI is InChI=1S/C10H14FN3O3/c1-13(4-3-12)8-6-10(17-2)9(14(15)16)5-7(8)11/h5-6H,3-4,12H2,1-2H3. The lowest BCUT2D eigenvalue weighted by molar-refractivity contribution is -0.385. The normalized spacial score (nSPS) is 10.1. The Hall–Kier alpha value is -1.89. The van der Waals surface area contributed by atoms with Gasteiger partial charge in [-0.05, 0) is 0 Å². The van der Waals surface area contributed by atoms with Crippen LogP contribution in [0.3, 0.4) is 0 Å². The summed E-state index contributed by atoms with van der Waals surface area (Å²) in [5, 5.41) is 10.7. The van der Waals surface area contributed by atoms with Crippen molar-refractivity contribution in [1.29, 1.82) is 0 Å². The molecule has 0 aromatic heterocycles. The number of rotatable bonds is 5. The second kappa shape index (κ2) is 5.44. The van der Waals surface area contributed by atoms with Crippen molar-refractivity contribution >= 4 is 11.4 Å². The first-order chi connectivity index (χ1) is 8.01. The number of methoxy groups -OCH3 is 1. The van der Waals surface area contributed by atoms with E-state index < -0.39 is 16.4 Å². The lowest BCUT2D eigenvalue weighted by atomic mass is 10.2. The van der Waals surface area contributed by atoms with Gasteiger partial charge in [-0.2, -0.15) is 0 Å². The Bertz CT molecular complexity index is 426. The summed E-state index contributed by atoms with van der Waals surface area (Å²) in [6.07, 6.45) is 0. The Kier molecular flexibility index (Phi) is 4.22. The van der Waals surface area contributed by atoms with Crippen molar-refractivity contribution in [2.45, 2.75) is 0 Å². The van der Waals surface area contributed by atoms with Gasteiger partial charge in [0.05, 0.1) is 23.8 Å². The fourth-order valence-electron chi connectivity index (χ4n) is 1.44. The minimum absolute atomic E-state index is 0.0234. The van der Waals surface area contributed by atoms with Crippen LogP contribution < -0.4 is 15.4 Å². The van der Waals surface area contributed by atoms with E-state index in [0.717, 1.165) is 6.07 Å². The van der Waals surface area contributed by atoms with Gasteiger partial charge >= 0.3 is 5.69 Å². The van der Waals surface area contributed by atoms with Crippen molar-refractivity contribution in [3.8, 4) is 5.75 Å². The molecule has 94 valence electrons. The van der Waals surface area contributed by atoms with Crippen LogP contribution in [0.2, 0.25) is 0 Å². The SMILES string of the molecule is COc1cc(N(C)CCN)c(F)cc1[N+](=O)[O-]. The molecule has 1 aromatic carbocycles. The molecule has 0 saturated carbocycles. The van der Waals surface area contributed by atoms with Crippen LogP contribution in [-0.4, -0.2) is 32.2 Å². The van der Waals surface area contributed by atoms with E-state index in [2.05, 4.69) is 0 Å². The van der Waals surface area contributed by atoms with Gasteiger partial charge < -0.3 is 15.4 Å². The second-order valence-electron chi connectivity index (χ2n) is 3.44. The summed E-state index contributed by atoms with van der Waals surface area (Å²) in [5.74, 6) is -0.649. The highest BCUT2D eigenvalue weighted by Gasteiger charge is 2.20. The highest BCUT2D eigenvalue weighted by atomic mass is 19.1. The molecule has 0 aliphatic rings. The van der Waals surface area contributed by atoms with Gasteiger partial charge in [-0.1, -0.05) is 0 Å². The maximum Gasteiger partial charge on any atom is 0.313 e. The van der Waals surface area contributed by atoms with Gasteiger partial charge in [0, 0.05) is 26.2 Å². The van der Waals surface area contributed by atoms with E-state index in [9.17, 15) is 14.5 Å². The lowest BCUT2D eigenvalue weighted by Crippen LogP contribution is -2.25. The topological polar surface area (TPSA) is 81.6 Å². The number of ether oxygens (including phenoxy) is 1. The van der Waals surface area contributed by atoms with E-state index in [4.69, 9.17) is 10.5 Å². The fourth-order valence-corrected chi connectivity index (χ4v) is 1.44. The third-order valence-electron chi connectivity index (χ3n) is 2.32. The van der Waals surface area contributed by atoms with Crippen molar-refractivity contribution in [3.05, 3.63) is 28.1 Å². The van der Waals surface area contributed by atoms with Crippen LogP contribution in [0.15, 0.2) is 12.1 Å². The lowest BCUT2D eigenvalue weighted by Gasteiger charge is -2.19. The molecule has 0 aliphatic heterocycles. The molecule has 0 saturated heterocycles. The first-order valence-electron chi connectivity index (χ1n) is 4.94. The summed E-state index contributed by atoms with van der Waals surface area (Å²) in [6, 6.07) is 2.14. The van der Waals surface area contributed by atoms with Crippen LogP contribution in [0.4, 0.5) is 15.8 Å². The monoisotopic (exact) mass is 243 g/mol. The molecule has 0 aliphatic carbocycles. The minimum atomic E-state index is -0.686. The summed E-state index contributed by atoms with van der Waals surface area (Å²) in [7, 11) is 2.95. The van der Waals surface area contributed by atoms with E-state index in [0.29, 0.717) is 13.1 Å². The average Bonchev–Trinajstić information content (AvgIpc) is 2.28. The van der Waals surface area contributed by atoms with Crippen LogP contribution in [0.1, 0.15) is 0 Å². The van der Waals surface area contributed by atoms with Gasteiger partial charge in [-0.3, -0.25) is 10.1 Å². The zero-order chi connectivity index (χ0) is 13.0. The minimum Gasteiger partial charge on any atom is -0.490 e. The molecule has 1 aromatic rings. The molecule has 0 amide bonds. The van der Waals surface area contributed by atoms with Crippen LogP contribution in [0, 0.1) is 15.9 Å². The van der Waals surface area contributed by atoms with Crippen molar-refractivity contribution in [2.24, 2.45) is 5.73 Å². The molecule has 0 spiro atoms. The fraction of sp³-hybridized carbons (Fsp3) is 0.400. The Balaban J connectivity index is 3.22. The third kappa shape index (κ3) is 2.82. The molecule has 0 bridgehead atoms. The maximum atomic E-state index is 13.7. The van der Waals surface area contributed by atoms with Gasteiger partial charge in [-0.15, -0.1) is 0 Å². The Morgan fingerprint density at radius 1 is 1.59 bits per heavy atom. The number of likely N-dealkylation sites (N-methyl/N-ethyl adjacent to an activating group) is 1. The van der Waals surface area contributed by atoms with Crippen molar-refractivity contribution in [2.75, 3.05) is 32.1 Å². The number of hydrogen-bond donors (Lipinski definition) is 1. The number of benzene rings is 1. The average molecular weight is 243 g/mol. The third-order valence-corrected chi connectivity index (χ3v) is 2.32. The zero-order valence-electron chi connectivity index (χ0n) is 9.64. The number of nitrogens with two attached hydrogens (primary N) is 1. The highest BCUT2D eigenvalue weighted by molar-refractivity contribution is 5.60. The van der Waals surface area contributed by atoms with Crippen LogP contribution in [-0.2, 0) is 0 Å². The number of halogens is 1. The number of hydrogen-bond acceptors (Lipinski definition) is 5. The molecule has 0 unspecified atom stereocenters. The Morgan fingerprint density at radius 3 is 2.71 bits per heavy atom. The van der Waals surface area contributed by atoms with Gasteiger partial charge in [0.2, 0.25) is 0 Å². The van der Waals surface area contributed by atoms with Gasteiger partial charge in [-0.25, -0.2) is 4.39 Å². The molecule has 0 atom stereocenters. The summed E-state index contributed by atoms with van der Waals surface area (Å²) in [5.41, 5.74) is 5.19. The first-order valence-corrected chi connectivity index (χ1v) is 4.94. The van der Waals surface area contributed by atoms with Crippen molar-refractivity contribution in [3.63, 3.8) is 0 Å². The molecular formula is C10H14FN3O3. The van der Waals surface area contributed by atoms with Gasteiger partial charge in [0.15, 0.2) is 11.6 Å².